The van der Waals surface area contributed by atoms with Crippen LogP contribution in [0.3, 0.4) is 0 Å². The van der Waals surface area contributed by atoms with E-state index in [1.807, 2.05) is 11.3 Å². The van der Waals surface area contributed by atoms with Crippen LogP contribution in [-0.4, -0.2) is 41.2 Å². The van der Waals surface area contributed by atoms with Crippen LogP contribution in [0.5, 0.6) is 0 Å². The number of hydrogen-bond acceptors (Lipinski definition) is 6. The number of fused-ring (bicyclic) bond motifs is 3. The molecule has 0 amide bonds. The summed E-state index contributed by atoms with van der Waals surface area (Å²) in [4.78, 5) is 15.1. The van der Waals surface area contributed by atoms with Crippen LogP contribution in [0.2, 0.25) is 0 Å². The van der Waals surface area contributed by atoms with E-state index in [0.717, 1.165) is 78.2 Å². The number of ether oxygens (including phenoxy) is 1. The van der Waals surface area contributed by atoms with Crippen LogP contribution < -0.4 is 5.32 Å². The SMILES string of the molecule is Cc1cc(Nc2nc(CN3CCOCC3)nc3sc4c(c23)CC[C@H](C)C4)ccc1Br. The van der Waals surface area contributed by atoms with Crippen molar-refractivity contribution in [3.63, 3.8) is 0 Å². The fourth-order valence-electron chi connectivity index (χ4n) is 4.37. The Kier molecular flexibility index (Phi) is 5.79. The summed E-state index contributed by atoms with van der Waals surface area (Å²) in [6.07, 6.45) is 3.52. The van der Waals surface area contributed by atoms with Crippen LogP contribution in [0.25, 0.3) is 10.2 Å². The summed E-state index contributed by atoms with van der Waals surface area (Å²) in [5.74, 6) is 2.60. The smallest absolute Gasteiger partial charge is 0.146 e. The number of rotatable bonds is 4. The molecule has 5 nitrogen and oxygen atoms in total. The van der Waals surface area contributed by atoms with Crippen LogP contribution in [0.1, 0.15) is 35.2 Å². The van der Waals surface area contributed by atoms with Crippen molar-refractivity contribution in [3.05, 3.63) is 44.5 Å². The molecule has 7 heteroatoms. The summed E-state index contributed by atoms with van der Waals surface area (Å²) in [6.45, 7) is 8.69. The highest BCUT2D eigenvalue weighted by molar-refractivity contribution is 9.10. The van der Waals surface area contributed by atoms with Crippen molar-refractivity contribution in [2.24, 2.45) is 5.92 Å². The topological polar surface area (TPSA) is 50.3 Å². The van der Waals surface area contributed by atoms with E-state index in [1.54, 1.807) is 0 Å². The van der Waals surface area contributed by atoms with Gasteiger partial charge in [0, 0.05) is 28.1 Å². The average molecular weight is 487 g/mol. The molecule has 0 unspecified atom stereocenters. The molecule has 3 aromatic rings. The molecule has 2 aliphatic rings. The molecule has 1 aliphatic carbocycles. The summed E-state index contributed by atoms with van der Waals surface area (Å²) < 4.78 is 6.62. The van der Waals surface area contributed by atoms with Crippen LogP contribution in [0.15, 0.2) is 22.7 Å². The molecule has 30 heavy (non-hydrogen) atoms. The molecule has 5 rings (SSSR count). The van der Waals surface area contributed by atoms with Gasteiger partial charge in [-0.15, -0.1) is 11.3 Å². The maximum absolute atomic E-state index is 5.50. The molecule has 1 aromatic carbocycles. The molecule has 3 heterocycles. The van der Waals surface area contributed by atoms with Crippen molar-refractivity contribution in [1.29, 1.82) is 0 Å². The lowest BCUT2D eigenvalue weighted by atomic mass is 9.89. The molecule has 1 atom stereocenters. The third-order valence-corrected chi connectivity index (χ3v) is 8.13. The van der Waals surface area contributed by atoms with Gasteiger partial charge >= 0.3 is 0 Å². The number of nitrogens with zero attached hydrogens (tertiary/aromatic N) is 3. The quantitative estimate of drug-likeness (QED) is 0.530. The Labute approximate surface area is 190 Å². The third kappa shape index (κ3) is 4.13. The summed E-state index contributed by atoms with van der Waals surface area (Å²) in [5.41, 5.74) is 3.74. The van der Waals surface area contributed by atoms with E-state index in [2.05, 4.69) is 58.2 Å². The first-order valence-corrected chi connectivity index (χ1v) is 12.3. The monoisotopic (exact) mass is 486 g/mol. The van der Waals surface area contributed by atoms with Gasteiger partial charge in [-0.2, -0.15) is 0 Å². The number of morpholine rings is 1. The largest absolute Gasteiger partial charge is 0.379 e. The summed E-state index contributed by atoms with van der Waals surface area (Å²) in [5, 5.41) is 4.86. The van der Waals surface area contributed by atoms with Crippen molar-refractivity contribution in [2.75, 3.05) is 31.6 Å². The van der Waals surface area contributed by atoms with E-state index in [0.29, 0.717) is 0 Å². The number of nitrogens with one attached hydrogen (secondary N) is 1. The fraction of sp³-hybridized carbons (Fsp3) is 0.478. The van der Waals surface area contributed by atoms with Crippen molar-refractivity contribution >= 4 is 49.0 Å². The van der Waals surface area contributed by atoms with Gasteiger partial charge in [0.15, 0.2) is 0 Å². The van der Waals surface area contributed by atoms with Gasteiger partial charge in [-0.25, -0.2) is 9.97 Å². The fourth-order valence-corrected chi connectivity index (χ4v) is 6.01. The van der Waals surface area contributed by atoms with Crippen LogP contribution in [0, 0.1) is 12.8 Å². The van der Waals surface area contributed by atoms with E-state index in [9.17, 15) is 0 Å². The second kappa shape index (κ2) is 8.54. The summed E-state index contributed by atoms with van der Waals surface area (Å²) >= 11 is 5.47. The minimum Gasteiger partial charge on any atom is -0.379 e. The van der Waals surface area contributed by atoms with Crippen molar-refractivity contribution in [2.45, 2.75) is 39.7 Å². The van der Waals surface area contributed by atoms with Gasteiger partial charge in [0.05, 0.1) is 25.1 Å². The van der Waals surface area contributed by atoms with E-state index in [4.69, 9.17) is 14.7 Å². The molecule has 1 fully saturated rings. The molecular formula is C23H27BrN4OS. The predicted molar refractivity (Wildman–Crippen MR) is 127 cm³/mol. The number of hydrogen-bond donors (Lipinski definition) is 1. The number of benzene rings is 1. The van der Waals surface area contributed by atoms with Gasteiger partial charge in [0.25, 0.3) is 0 Å². The second-order valence-electron chi connectivity index (χ2n) is 8.50. The number of anilines is 2. The Hall–Kier alpha value is -1.54. The minimum atomic E-state index is 0.747. The number of thiophene rings is 1. The molecule has 0 bridgehead atoms. The Morgan fingerprint density at radius 3 is 2.90 bits per heavy atom. The third-order valence-electron chi connectivity index (χ3n) is 6.09. The van der Waals surface area contributed by atoms with Gasteiger partial charge in [0.2, 0.25) is 0 Å². The zero-order chi connectivity index (χ0) is 20.7. The lowest BCUT2D eigenvalue weighted by Crippen LogP contribution is -2.36. The van der Waals surface area contributed by atoms with Gasteiger partial charge in [-0.05, 0) is 61.4 Å². The maximum Gasteiger partial charge on any atom is 0.146 e. The highest BCUT2D eigenvalue weighted by Crippen LogP contribution is 2.41. The van der Waals surface area contributed by atoms with Gasteiger partial charge in [0.1, 0.15) is 16.5 Å². The van der Waals surface area contributed by atoms with Crippen molar-refractivity contribution < 1.29 is 4.74 Å². The molecule has 0 saturated carbocycles. The first-order chi connectivity index (χ1) is 14.6. The lowest BCUT2D eigenvalue weighted by molar-refractivity contribution is 0.0331. The molecule has 1 saturated heterocycles. The Balaban J connectivity index is 1.56. The minimum absolute atomic E-state index is 0.747. The highest BCUT2D eigenvalue weighted by Gasteiger charge is 2.24. The summed E-state index contributed by atoms with van der Waals surface area (Å²) in [6, 6.07) is 6.36. The Morgan fingerprint density at radius 1 is 1.27 bits per heavy atom. The first-order valence-electron chi connectivity index (χ1n) is 10.7. The zero-order valence-electron chi connectivity index (χ0n) is 17.5. The van der Waals surface area contributed by atoms with E-state index in [1.165, 1.54) is 27.8 Å². The van der Waals surface area contributed by atoms with Crippen LogP contribution >= 0.6 is 27.3 Å². The Bertz CT molecular complexity index is 1080. The predicted octanol–water partition coefficient (Wildman–Crippen LogP) is 5.46. The molecule has 2 aromatic heterocycles. The second-order valence-corrected chi connectivity index (χ2v) is 10.4. The van der Waals surface area contributed by atoms with E-state index >= 15 is 0 Å². The zero-order valence-corrected chi connectivity index (χ0v) is 19.9. The number of aromatic nitrogens is 2. The normalized spacial score (nSPS) is 19.8. The van der Waals surface area contributed by atoms with Gasteiger partial charge < -0.3 is 10.1 Å². The molecule has 158 valence electrons. The van der Waals surface area contributed by atoms with Gasteiger partial charge in [-0.1, -0.05) is 22.9 Å². The van der Waals surface area contributed by atoms with Crippen LogP contribution in [-0.2, 0) is 24.1 Å². The van der Waals surface area contributed by atoms with Crippen molar-refractivity contribution in [3.8, 4) is 0 Å². The lowest BCUT2D eigenvalue weighted by Gasteiger charge is -2.26. The maximum atomic E-state index is 5.50. The molecule has 1 aliphatic heterocycles. The standard InChI is InChI=1S/C23H27BrN4OS/c1-14-3-5-17-19(11-14)30-23-21(17)22(25-16-4-6-18(24)15(2)12-16)26-20(27-23)13-28-7-9-29-10-8-28/h4,6,12,14H,3,5,7-11,13H2,1-2H3,(H,25,26,27)/t14-/m0/s1. The number of halogens is 1. The molecular weight excluding hydrogens is 460 g/mol. The average Bonchev–Trinajstić information content (AvgIpc) is 3.09. The van der Waals surface area contributed by atoms with Crippen molar-refractivity contribution in [1.82, 2.24) is 14.9 Å². The molecule has 0 radical (unpaired) electrons. The van der Waals surface area contributed by atoms with E-state index in [-0.39, 0.29) is 0 Å². The highest BCUT2D eigenvalue weighted by atomic mass is 79.9. The number of aryl methyl sites for hydroxylation is 2. The molecule has 0 spiro atoms. The van der Waals surface area contributed by atoms with Crippen LogP contribution in [0.4, 0.5) is 11.5 Å². The van der Waals surface area contributed by atoms with E-state index < -0.39 is 0 Å². The summed E-state index contributed by atoms with van der Waals surface area (Å²) in [7, 11) is 0. The van der Waals surface area contributed by atoms with Gasteiger partial charge in [-0.3, -0.25) is 4.90 Å². The molecule has 1 N–H and O–H groups in total. The Morgan fingerprint density at radius 2 is 2.10 bits per heavy atom. The first kappa shape index (κ1) is 20.4.